The standard InChI is InChI=1S/C13H21N3O6/c1-21-10-9(18)8(6-17)22-12(10)16-5-7(3-2-4-14)11(19)15-13(16)20/h5,8-10,12,17-18H,2-4,6,14H2,1H3,(H,15,19,20)/t8-,9?,10?,12-/m1/s1. The first-order chi connectivity index (χ1) is 10.5. The third kappa shape index (κ3) is 3.13. The minimum Gasteiger partial charge on any atom is -0.394 e. The molecule has 2 unspecified atom stereocenters. The van der Waals surface area contributed by atoms with Crippen molar-refractivity contribution in [3.8, 4) is 0 Å². The molecule has 0 saturated carbocycles. The summed E-state index contributed by atoms with van der Waals surface area (Å²) in [6, 6.07) is 0. The molecule has 1 saturated heterocycles. The van der Waals surface area contributed by atoms with E-state index in [0.717, 1.165) is 0 Å². The van der Waals surface area contributed by atoms with Crippen LogP contribution in [0.2, 0.25) is 0 Å². The molecule has 0 amide bonds. The molecule has 1 aromatic rings. The van der Waals surface area contributed by atoms with Gasteiger partial charge in [-0.05, 0) is 19.4 Å². The van der Waals surface area contributed by atoms with Gasteiger partial charge in [-0.3, -0.25) is 14.3 Å². The van der Waals surface area contributed by atoms with Gasteiger partial charge in [0.05, 0.1) is 6.61 Å². The van der Waals surface area contributed by atoms with Crippen LogP contribution in [0.5, 0.6) is 0 Å². The minimum atomic E-state index is -1.08. The van der Waals surface area contributed by atoms with Crippen molar-refractivity contribution >= 4 is 0 Å². The minimum absolute atomic E-state index is 0.394. The molecule has 124 valence electrons. The van der Waals surface area contributed by atoms with Gasteiger partial charge in [0.2, 0.25) is 0 Å². The second kappa shape index (κ2) is 7.16. The van der Waals surface area contributed by atoms with E-state index in [4.69, 9.17) is 15.2 Å². The zero-order valence-electron chi connectivity index (χ0n) is 12.3. The Labute approximate surface area is 126 Å². The van der Waals surface area contributed by atoms with Crippen molar-refractivity contribution in [3.05, 3.63) is 32.6 Å². The van der Waals surface area contributed by atoms with E-state index in [-0.39, 0.29) is 0 Å². The smallest absolute Gasteiger partial charge is 0.330 e. The molecular weight excluding hydrogens is 294 g/mol. The molecule has 9 heteroatoms. The maximum Gasteiger partial charge on any atom is 0.330 e. The number of nitrogens with two attached hydrogens (primary N) is 1. The Morgan fingerprint density at radius 2 is 2.23 bits per heavy atom. The van der Waals surface area contributed by atoms with Gasteiger partial charge in [0.1, 0.15) is 18.3 Å². The van der Waals surface area contributed by atoms with Crippen LogP contribution >= 0.6 is 0 Å². The van der Waals surface area contributed by atoms with Gasteiger partial charge in [-0.15, -0.1) is 0 Å². The first kappa shape index (κ1) is 16.8. The number of H-pyrrole nitrogens is 1. The number of aromatic amines is 1. The fourth-order valence-corrected chi connectivity index (χ4v) is 2.53. The van der Waals surface area contributed by atoms with E-state index < -0.39 is 42.4 Å². The lowest BCUT2D eigenvalue weighted by molar-refractivity contribution is -0.0626. The SMILES string of the molecule is COC1C(O)[C@@H](CO)O[C@H]1n1cc(CCCN)c(=O)[nH]c1=O. The molecule has 5 N–H and O–H groups in total. The van der Waals surface area contributed by atoms with Crippen molar-refractivity contribution in [1.29, 1.82) is 0 Å². The molecule has 0 bridgehead atoms. The van der Waals surface area contributed by atoms with Crippen molar-refractivity contribution in [3.63, 3.8) is 0 Å². The summed E-state index contributed by atoms with van der Waals surface area (Å²) in [6.45, 7) is 0.0140. The quantitative estimate of drug-likeness (QED) is 0.462. The van der Waals surface area contributed by atoms with E-state index in [0.29, 0.717) is 24.9 Å². The van der Waals surface area contributed by atoms with Gasteiger partial charge in [0.15, 0.2) is 6.23 Å². The zero-order chi connectivity index (χ0) is 16.3. The summed E-state index contributed by atoms with van der Waals surface area (Å²) in [4.78, 5) is 26.0. The predicted molar refractivity (Wildman–Crippen MR) is 76.5 cm³/mol. The number of nitrogens with zero attached hydrogens (tertiary/aromatic N) is 1. The van der Waals surface area contributed by atoms with Crippen molar-refractivity contribution in [2.24, 2.45) is 5.73 Å². The molecule has 1 aliphatic heterocycles. The van der Waals surface area contributed by atoms with Crippen LogP contribution in [0.15, 0.2) is 15.8 Å². The Bertz CT molecular complexity index is 613. The summed E-state index contributed by atoms with van der Waals surface area (Å²) in [5, 5.41) is 19.2. The van der Waals surface area contributed by atoms with Crippen LogP contribution in [0.25, 0.3) is 0 Å². The molecule has 4 atom stereocenters. The number of methoxy groups -OCH3 is 1. The van der Waals surface area contributed by atoms with Crippen LogP contribution in [0.3, 0.4) is 0 Å². The normalized spacial score (nSPS) is 28.2. The number of nitrogens with one attached hydrogen (secondary N) is 1. The monoisotopic (exact) mass is 315 g/mol. The summed E-state index contributed by atoms with van der Waals surface area (Å²) < 4.78 is 11.8. The van der Waals surface area contributed by atoms with E-state index >= 15 is 0 Å². The van der Waals surface area contributed by atoms with Crippen LogP contribution in [0.4, 0.5) is 0 Å². The lowest BCUT2D eigenvalue weighted by atomic mass is 10.1. The zero-order valence-corrected chi connectivity index (χ0v) is 12.3. The number of rotatable bonds is 6. The lowest BCUT2D eigenvalue weighted by Crippen LogP contribution is -2.39. The van der Waals surface area contributed by atoms with Crippen molar-refractivity contribution < 1.29 is 19.7 Å². The molecule has 0 radical (unpaired) electrons. The summed E-state index contributed by atoms with van der Waals surface area (Å²) in [7, 11) is 1.37. The summed E-state index contributed by atoms with van der Waals surface area (Å²) in [5.41, 5.74) is 4.68. The van der Waals surface area contributed by atoms with Crippen LogP contribution in [-0.2, 0) is 15.9 Å². The molecule has 0 aromatic carbocycles. The highest BCUT2D eigenvalue weighted by Crippen LogP contribution is 2.30. The number of aliphatic hydroxyl groups excluding tert-OH is 2. The molecular formula is C13H21N3O6. The molecule has 0 aliphatic carbocycles. The van der Waals surface area contributed by atoms with E-state index in [1.54, 1.807) is 0 Å². The first-order valence-electron chi connectivity index (χ1n) is 7.05. The van der Waals surface area contributed by atoms with Gasteiger partial charge in [0.25, 0.3) is 5.56 Å². The molecule has 2 heterocycles. The Morgan fingerprint density at radius 3 is 2.82 bits per heavy atom. The largest absolute Gasteiger partial charge is 0.394 e. The highest BCUT2D eigenvalue weighted by molar-refractivity contribution is 5.06. The van der Waals surface area contributed by atoms with Crippen LogP contribution in [0, 0.1) is 0 Å². The molecule has 1 aliphatic rings. The van der Waals surface area contributed by atoms with Gasteiger partial charge in [0, 0.05) is 18.9 Å². The summed E-state index contributed by atoms with van der Waals surface area (Å²) >= 11 is 0. The molecule has 1 aromatic heterocycles. The molecule has 22 heavy (non-hydrogen) atoms. The Balaban J connectivity index is 2.38. The average Bonchev–Trinajstić information content (AvgIpc) is 2.82. The van der Waals surface area contributed by atoms with Gasteiger partial charge in [-0.1, -0.05) is 0 Å². The number of hydrogen-bond donors (Lipinski definition) is 4. The third-order valence-electron chi connectivity index (χ3n) is 3.73. The number of aromatic nitrogens is 2. The second-order valence-electron chi connectivity index (χ2n) is 5.15. The fraction of sp³-hybridized carbons (Fsp3) is 0.692. The van der Waals surface area contributed by atoms with Crippen molar-refractivity contribution in [2.75, 3.05) is 20.3 Å². The molecule has 0 spiro atoms. The fourth-order valence-electron chi connectivity index (χ4n) is 2.53. The average molecular weight is 315 g/mol. The number of aryl methyl sites for hydroxylation is 1. The summed E-state index contributed by atoms with van der Waals surface area (Å²) in [6.07, 6.45) is -1.29. The van der Waals surface area contributed by atoms with Crippen LogP contribution in [-0.4, -0.2) is 58.3 Å². The van der Waals surface area contributed by atoms with Crippen molar-refractivity contribution in [2.45, 2.75) is 37.4 Å². The third-order valence-corrected chi connectivity index (χ3v) is 3.73. The topological polar surface area (TPSA) is 140 Å². The van der Waals surface area contributed by atoms with E-state index in [9.17, 15) is 19.8 Å². The van der Waals surface area contributed by atoms with Gasteiger partial charge in [-0.25, -0.2) is 4.79 Å². The highest BCUT2D eigenvalue weighted by atomic mass is 16.6. The highest BCUT2D eigenvalue weighted by Gasteiger charge is 2.45. The van der Waals surface area contributed by atoms with Crippen LogP contribution in [0.1, 0.15) is 18.2 Å². The van der Waals surface area contributed by atoms with Gasteiger partial charge >= 0.3 is 5.69 Å². The first-order valence-corrected chi connectivity index (χ1v) is 7.05. The molecule has 1 fully saturated rings. The number of ether oxygens (including phenoxy) is 2. The van der Waals surface area contributed by atoms with Gasteiger partial charge in [-0.2, -0.15) is 0 Å². The van der Waals surface area contributed by atoms with E-state index in [2.05, 4.69) is 4.98 Å². The Hall–Kier alpha value is -1.52. The van der Waals surface area contributed by atoms with Crippen LogP contribution < -0.4 is 17.0 Å². The van der Waals surface area contributed by atoms with Crippen molar-refractivity contribution in [1.82, 2.24) is 9.55 Å². The summed E-state index contributed by atoms with van der Waals surface area (Å²) in [5.74, 6) is 0. The number of hydrogen-bond acceptors (Lipinski definition) is 7. The Morgan fingerprint density at radius 1 is 1.50 bits per heavy atom. The predicted octanol–water partition coefficient (Wildman–Crippen LogP) is -2.31. The molecule has 2 rings (SSSR count). The lowest BCUT2D eigenvalue weighted by Gasteiger charge is -2.20. The maximum absolute atomic E-state index is 12.0. The second-order valence-corrected chi connectivity index (χ2v) is 5.15. The van der Waals surface area contributed by atoms with E-state index in [1.165, 1.54) is 17.9 Å². The number of aliphatic hydroxyl groups is 2. The maximum atomic E-state index is 12.0. The van der Waals surface area contributed by atoms with Gasteiger partial charge < -0.3 is 25.4 Å². The van der Waals surface area contributed by atoms with E-state index in [1.807, 2.05) is 0 Å². The molecule has 9 nitrogen and oxygen atoms in total. The Kier molecular flexibility index (Phi) is 5.48.